The summed E-state index contributed by atoms with van der Waals surface area (Å²) in [4.78, 5) is 14.6. The summed E-state index contributed by atoms with van der Waals surface area (Å²) in [6.45, 7) is 3.87. The second-order valence-corrected chi connectivity index (χ2v) is 6.61. The molecular weight excluding hydrogens is 320 g/mol. The van der Waals surface area contributed by atoms with E-state index in [9.17, 15) is 4.79 Å². The highest BCUT2D eigenvalue weighted by molar-refractivity contribution is 9.10. The Morgan fingerprint density at radius 2 is 2.30 bits per heavy atom. The third-order valence-corrected chi connectivity index (χ3v) is 5.08. The van der Waals surface area contributed by atoms with Crippen molar-refractivity contribution in [2.45, 2.75) is 12.8 Å². The summed E-state index contributed by atoms with van der Waals surface area (Å²) in [5.74, 6) is 0.872. The Balaban J connectivity index is 1.75. The van der Waals surface area contributed by atoms with Crippen molar-refractivity contribution in [1.29, 1.82) is 0 Å². The third-order valence-electron chi connectivity index (χ3n) is 4.46. The smallest absolute Gasteiger partial charge is 0.253 e. The lowest BCUT2D eigenvalue weighted by Crippen LogP contribution is -2.33. The Kier molecular flexibility index (Phi) is 3.73. The average Bonchev–Trinajstić information content (AvgIpc) is 3.09. The second-order valence-electron chi connectivity index (χ2n) is 5.75. The highest BCUT2D eigenvalue weighted by Crippen LogP contribution is 2.37. The van der Waals surface area contributed by atoms with Gasteiger partial charge in [-0.2, -0.15) is 0 Å². The van der Waals surface area contributed by atoms with E-state index in [-0.39, 0.29) is 5.91 Å². The van der Waals surface area contributed by atoms with E-state index in [0.29, 0.717) is 5.41 Å². The van der Waals surface area contributed by atoms with Gasteiger partial charge in [-0.1, -0.05) is 0 Å². The maximum Gasteiger partial charge on any atom is 0.253 e. The Bertz CT molecular complexity index is 527. The van der Waals surface area contributed by atoms with Gasteiger partial charge >= 0.3 is 0 Å². The number of carbonyl (C=O) groups is 1. The van der Waals surface area contributed by atoms with Crippen molar-refractivity contribution in [3.05, 3.63) is 28.2 Å². The lowest BCUT2D eigenvalue weighted by atomic mass is 9.86. The van der Waals surface area contributed by atoms with Crippen molar-refractivity contribution in [2.24, 2.45) is 5.41 Å². The molecule has 1 amide bonds. The number of nitrogens with one attached hydrogen (secondary N) is 1. The standard InChI is InChI=1S/C15H19BrN2O2/c1-20-13-3-2-11(8-12(13)16)14(19)18-7-5-15(10-18)4-6-17-9-15/h2-3,8,17H,4-7,9-10H2,1H3. The second kappa shape index (κ2) is 5.37. The molecule has 2 aliphatic rings. The van der Waals surface area contributed by atoms with Crippen molar-refractivity contribution >= 4 is 21.8 Å². The van der Waals surface area contributed by atoms with Crippen LogP contribution in [0, 0.1) is 5.41 Å². The molecule has 0 aliphatic carbocycles. The van der Waals surface area contributed by atoms with Gasteiger partial charge in [-0.15, -0.1) is 0 Å². The minimum Gasteiger partial charge on any atom is -0.496 e. The fraction of sp³-hybridized carbons (Fsp3) is 0.533. The number of hydrogen-bond acceptors (Lipinski definition) is 3. The van der Waals surface area contributed by atoms with Crippen LogP contribution < -0.4 is 10.1 Å². The minimum atomic E-state index is 0.122. The van der Waals surface area contributed by atoms with Crippen LogP contribution in [0.2, 0.25) is 0 Å². The summed E-state index contributed by atoms with van der Waals surface area (Å²) < 4.78 is 6.02. The highest BCUT2D eigenvalue weighted by atomic mass is 79.9. The van der Waals surface area contributed by atoms with E-state index in [2.05, 4.69) is 21.2 Å². The largest absolute Gasteiger partial charge is 0.496 e. The van der Waals surface area contributed by atoms with Gasteiger partial charge in [0.25, 0.3) is 5.91 Å². The van der Waals surface area contributed by atoms with Gasteiger partial charge in [0.2, 0.25) is 0 Å². The maximum absolute atomic E-state index is 12.6. The summed E-state index contributed by atoms with van der Waals surface area (Å²) in [5, 5.41) is 3.42. The Labute approximate surface area is 127 Å². The molecule has 0 saturated carbocycles. The predicted molar refractivity (Wildman–Crippen MR) is 81.1 cm³/mol. The number of halogens is 1. The molecule has 2 heterocycles. The fourth-order valence-corrected chi connectivity index (χ4v) is 3.77. The minimum absolute atomic E-state index is 0.122. The van der Waals surface area contributed by atoms with Crippen LogP contribution in [0.3, 0.4) is 0 Å². The van der Waals surface area contributed by atoms with Crippen LogP contribution in [0.1, 0.15) is 23.2 Å². The molecule has 1 aromatic carbocycles. The van der Waals surface area contributed by atoms with E-state index in [4.69, 9.17) is 4.74 Å². The van der Waals surface area contributed by atoms with Gasteiger partial charge in [-0.3, -0.25) is 4.79 Å². The van der Waals surface area contributed by atoms with Crippen LogP contribution in [0.4, 0.5) is 0 Å². The summed E-state index contributed by atoms with van der Waals surface area (Å²) >= 11 is 3.44. The number of ether oxygens (including phenoxy) is 1. The molecule has 0 radical (unpaired) electrons. The average molecular weight is 339 g/mol. The monoisotopic (exact) mass is 338 g/mol. The summed E-state index contributed by atoms with van der Waals surface area (Å²) in [5.41, 5.74) is 1.04. The fourth-order valence-electron chi connectivity index (χ4n) is 3.23. The van der Waals surface area contributed by atoms with Gasteiger partial charge in [-0.05, 0) is 53.5 Å². The molecule has 2 saturated heterocycles. The number of rotatable bonds is 2. The van der Waals surface area contributed by atoms with Crippen molar-refractivity contribution < 1.29 is 9.53 Å². The molecule has 108 valence electrons. The van der Waals surface area contributed by atoms with E-state index in [0.717, 1.165) is 48.4 Å². The Morgan fingerprint density at radius 1 is 1.45 bits per heavy atom. The van der Waals surface area contributed by atoms with E-state index in [1.807, 2.05) is 23.1 Å². The van der Waals surface area contributed by atoms with Crippen LogP contribution in [-0.4, -0.2) is 44.1 Å². The van der Waals surface area contributed by atoms with Gasteiger partial charge in [0.15, 0.2) is 0 Å². The molecule has 1 atom stereocenters. The van der Waals surface area contributed by atoms with Gasteiger partial charge in [0, 0.05) is 30.6 Å². The van der Waals surface area contributed by atoms with Crippen LogP contribution in [0.5, 0.6) is 5.75 Å². The molecule has 1 N–H and O–H groups in total. The van der Waals surface area contributed by atoms with Gasteiger partial charge in [-0.25, -0.2) is 0 Å². The molecule has 3 rings (SSSR count). The Hall–Kier alpha value is -1.07. The van der Waals surface area contributed by atoms with E-state index >= 15 is 0 Å². The lowest BCUT2D eigenvalue weighted by molar-refractivity contribution is 0.0775. The molecule has 0 bridgehead atoms. The maximum atomic E-state index is 12.6. The van der Waals surface area contributed by atoms with Crippen LogP contribution in [0.25, 0.3) is 0 Å². The molecule has 5 heteroatoms. The molecule has 2 aliphatic heterocycles. The lowest BCUT2D eigenvalue weighted by Gasteiger charge is -2.23. The van der Waals surface area contributed by atoms with Crippen LogP contribution in [0.15, 0.2) is 22.7 Å². The summed E-state index contributed by atoms with van der Waals surface area (Å²) in [7, 11) is 1.62. The first kappa shape index (κ1) is 13.9. The number of likely N-dealkylation sites (tertiary alicyclic amines) is 1. The van der Waals surface area contributed by atoms with Crippen molar-refractivity contribution in [3.8, 4) is 5.75 Å². The first-order valence-corrected chi connectivity index (χ1v) is 7.76. The zero-order valence-corrected chi connectivity index (χ0v) is 13.2. The first-order valence-electron chi connectivity index (χ1n) is 6.97. The zero-order valence-electron chi connectivity index (χ0n) is 11.6. The number of amides is 1. The van der Waals surface area contributed by atoms with Gasteiger partial charge in [0.05, 0.1) is 11.6 Å². The molecule has 2 fully saturated rings. The Morgan fingerprint density at radius 3 is 2.95 bits per heavy atom. The molecule has 20 heavy (non-hydrogen) atoms. The van der Waals surface area contributed by atoms with E-state index in [1.165, 1.54) is 6.42 Å². The number of benzene rings is 1. The predicted octanol–water partition coefficient (Wildman–Crippen LogP) is 2.28. The summed E-state index contributed by atoms with van der Waals surface area (Å²) in [6.07, 6.45) is 2.30. The van der Waals surface area contributed by atoms with E-state index < -0.39 is 0 Å². The van der Waals surface area contributed by atoms with Crippen molar-refractivity contribution in [3.63, 3.8) is 0 Å². The number of hydrogen-bond donors (Lipinski definition) is 1. The number of carbonyl (C=O) groups excluding carboxylic acids is 1. The first-order chi connectivity index (χ1) is 9.63. The highest BCUT2D eigenvalue weighted by Gasteiger charge is 2.41. The number of nitrogens with zero attached hydrogens (tertiary/aromatic N) is 1. The molecule has 1 unspecified atom stereocenters. The van der Waals surface area contributed by atoms with Gasteiger partial charge < -0.3 is 15.0 Å². The normalized spacial score (nSPS) is 25.4. The molecule has 1 spiro atoms. The van der Waals surface area contributed by atoms with Crippen LogP contribution in [-0.2, 0) is 0 Å². The van der Waals surface area contributed by atoms with Crippen molar-refractivity contribution in [2.75, 3.05) is 33.3 Å². The molecular formula is C15H19BrN2O2. The van der Waals surface area contributed by atoms with Crippen LogP contribution >= 0.6 is 15.9 Å². The van der Waals surface area contributed by atoms with E-state index in [1.54, 1.807) is 7.11 Å². The molecule has 1 aromatic rings. The van der Waals surface area contributed by atoms with Gasteiger partial charge in [0.1, 0.15) is 5.75 Å². The number of methoxy groups -OCH3 is 1. The quantitative estimate of drug-likeness (QED) is 0.899. The molecule has 4 nitrogen and oxygen atoms in total. The topological polar surface area (TPSA) is 41.6 Å². The SMILES string of the molecule is COc1ccc(C(=O)N2CCC3(CCNC3)C2)cc1Br. The summed E-state index contributed by atoms with van der Waals surface area (Å²) in [6, 6.07) is 5.52. The zero-order chi connectivity index (χ0) is 14.2. The van der Waals surface area contributed by atoms with Crippen molar-refractivity contribution in [1.82, 2.24) is 10.2 Å². The third kappa shape index (κ3) is 2.44. The molecule has 0 aromatic heterocycles.